The average molecular weight is 308 g/mol. The molecule has 1 aliphatic heterocycles. The maximum atomic E-state index is 12.7. The average Bonchev–Trinajstić information content (AvgIpc) is 2.76. The number of carbonyl (C=O) groups excluding carboxylic acids is 1. The van der Waals surface area contributed by atoms with E-state index in [0.29, 0.717) is 0 Å². The van der Waals surface area contributed by atoms with E-state index in [0.717, 1.165) is 22.4 Å². The standard InChI is InChI=1S/C21H24O2/c1-12-10-16-18(15-9-7-8-13(2)14(15)3)20(22)23-19(16)17(11-12)21(4,5)6/h7-11,18H,1-6H3. The van der Waals surface area contributed by atoms with E-state index in [4.69, 9.17) is 4.74 Å². The number of hydrogen-bond acceptors (Lipinski definition) is 2. The van der Waals surface area contributed by atoms with Crippen molar-refractivity contribution in [3.8, 4) is 5.75 Å². The van der Waals surface area contributed by atoms with Crippen LogP contribution in [0.15, 0.2) is 30.3 Å². The van der Waals surface area contributed by atoms with Gasteiger partial charge in [0.15, 0.2) is 0 Å². The van der Waals surface area contributed by atoms with Gasteiger partial charge in [0.25, 0.3) is 0 Å². The number of rotatable bonds is 1. The lowest BCUT2D eigenvalue weighted by atomic mass is 9.81. The Hall–Kier alpha value is -2.09. The Morgan fingerprint density at radius 2 is 1.70 bits per heavy atom. The third-order valence-electron chi connectivity index (χ3n) is 4.78. The van der Waals surface area contributed by atoms with Crippen LogP contribution in [0.25, 0.3) is 0 Å². The second-order valence-electron chi connectivity index (χ2n) is 7.62. The number of aryl methyl sites for hydroxylation is 2. The molecule has 23 heavy (non-hydrogen) atoms. The summed E-state index contributed by atoms with van der Waals surface area (Å²) in [7, 11) is 0. The first kappa shape index (κ1) is 15.8. The van der Waals surface area contributed by atoms with E-state index in [9.17, 15) is 4.79 Å². The highest BCUT2D eigenvalue weighted by Crippen LogP contribution is 2.46. The molecule has 0 N–H and O–H groups in total. The van der Waals surface area contributed by atoms with Crippen molar-refractivity contribution in [1.29, 1.82) is 0 Å². The maximum absolute atomic E-state index is 12.7. The summed E-state index contributed by atoms with van der Waals surface area (Å²) in [6.45, 7) is 12.7. The van der Waals surface area contributed by atoms with Crippen molar-refractivity contribution in [2.24, 2.45) is 0 Å². The lowest BCUT2D eigenvalue weighted by Gasteiger charge is -2.22. The molecule has 3 rings (SSSR count). The molecule has 2 aromatic rings. The van der Waals surface area contributed by atoms with Gasteiger partial charge in [-0.2, -0.15) is 0 Å². The summed E-state index contributed by atoms with van der Waals surface area (Å²) in [5, 5.41) is 0. The van der Waals surface area contributed by atoms with Gasteiger partial charge in [-0.05, 0) is 42.9 Å². The van der Waals surface area contributed by atoms with Crippen LogP contribution in [0.5, 0.6) is 5.75 Å². The summed E-state index contributed by atoms with van der Waals surface area (Å²) < 4.78 is 5.74. The number of hydrogen-bond donors (Lipinski definition) is 0. The van der Waals surface area contributed by atoms with Crippen molar-refractivity contribution < 1.29 is 9.53 Å². The van der Waals surface area contributed by atoms with Gasteiger partial charge in [0.1, 0.15) is 11.7 Å². The SMILES string of the molecule is Cc1cc2c(c(C(C)(C)C)c1)OC(=O)C2c1cccc(C)c1C. The van der Waals surface area contributed by atoms with Crippen LogP contribution in [-0.2, 0) is 10.2 Å². The van der Waals surface area contributed by atoms with Crippen molar-refractivity contribution in [3.05, 3.63) is 63.7 Å². The van der Waals surface area contributed by atoms with Gasteiger partial charge in [-0.3, -0.25) is 4.79 Å². The fourth-order valence-electron chi connectivity index (χ4n) is 3.35. The van der Waals surface area contributed by atoms with E-state index in [2.05, 4.69) is 59.7 Å². The third-order valence-corrected chi connectivity index (χ3v) is 4.78. The molecular weight excluding hydrogens is 284 g/mol. The Labute approximate surface area is 138 Å². The summed E-state index contributed by atoms with van der Waals surface area (Å²) in [4.78, 5) is 12.7. The minimum absolute atomic E-state index is 0.0626. The smallest absolute Gasteiger partial charge is 0.323 e. The molecule has 2 heteroatoms. The molecule has 0 amide bonds. The zero-order valence-electron chi connectivity index (χ0n) is 14.8. The summed E-state index contributed by atoms with van der Waals surface area (Å²) in [6, 6.07) is 10.4. The lowest BCUT2D eigenvalue weighted by Crippen LogP contribution is -2.14. The molecule has 0 aliphatic carbocycles. The van der Waals surface area contributed by atoms with Crippen LogP contribution in [0.4, 0.5) is 0 Å². The molecule has 0 fully saturated rings. The highest BCUT2D eigenvalue weighted by atomic mass is 16.5. The third kappa shape index (κ3) is 2.56. The molecule has 0 bridgehead atoms. The minimum atomic E-state index is -0.314. The van der Waals surface area contributed by atoms with E-state index < -0.39 is 0 Å². The minimum Gasteiger partial charge on any atom is -0.425 e. The van der Waals surface area contributed by atoms with Crippen molar-refractivity contribution in [3.63, 3.8) is 0 Å². The summed E-state index contributed by atoms with van der Waals surface area (Å²) in [5.74, 6) is 0.287. The Morgan fingerprint density at radius 1 is 1.00 bits per heavy atom. The van der Waals surface area contributed by atoms with E-state index in [1.165, 1.54) is 16.7 Å². The van der Waals surface area contributed by atoms with Crippen molar-refractivity contribution in [2.45, 2.75) is 52.9 Å². The zero-order chi connectivity index (χ0) is 16.9. The van der Waals surface area contributed by atoms with Gasteiger partial charge >= 0.3 is 5.97 Å². The summed E-state index contributed by atoms with van der Waals surface area (Å²) >= 11 is 0. The van der Waals surface area contributed by atoms with Crippen LogP contribution < -0.4 is 4.74 Å². The number of carbonyl (C=O) groups is 1. The van der Waals surface area contributed by atoms with Crippen LogP contribution >= 0.6 is 0 Å². The number of fused-ring (bicyclic) bond motifs is 1. The van der Waals surface area contributed by atoms with Crippen molar-refractivity contribution >= 4 is 5.97 Å². The van der Waals surface area contributed by atoms with Crippen LogP contribution in [0.3, 0.4) is 0 Å². The number of ether oxygens (including phenoxy) is 1. The van der Waals surface area contributed by atoms with Crippen LogP contribution in [0.2, 0.25) is 0 Å². The monoisotopic (exact) mass is 308 g/mol. The maximum Gasteiger partial charge on any atom is 0.323 e. The Morgan fingerprint density at radius 3 is 2.35 bits per heavy atom. The molecule has 0 aromatic heterocycles. The number of esters is 1. The molecular formula is C21H24O2. The van der Waals surface area contributed by atoms with E-state index in [-0.39, 0.29) is 17.3 Å². The first-order valence-corrected chi connectivity index (χ1v) is 8.13. The molecule has 1 aliphatic rings. The van der Waals surface area contributed by atoms with Gasteiger partial charge in [-0.25, -0.2) is 0 Å². The molecule has 1 atom stereocenters. The molecule has 0 radical (unpaired) electrons. The lowest BCUT2D eigenvalue weighted by molar-refractivity contribution is -0.133. The highest BCUT2D eigenvalue weighted by Gasteiger charge is 2.39. The quantitative estimate of drug-likeness (QED) is 0.550. The van der Waals surface area contributed by atoms with Gasteiger partial charge in [-0.15, -0.1) is 0 Å². The zero-order valence-corrected chi connectivity index (χ0v) is 14.8. The topological polar surface area (TPSA) is 26.3 Å². The largest absolute Gasteiger partial charge is 0.425 e. The van der Waals surface area contributed by atoms with Crippen molar-refractivity contribution in [1.82, 2.24) is 0 Å². The molecule has 0 saturated heterocycles. The molecule has 1 unspecified atom stereocenters. The Bertz CT molecular complexity index is 794. The summed E-state index contributed by atoms with van der Waals surface area (Å²) in [5.41, 5.74) is 6.64. The van der Waals surface area contributed by atoms with Gasteiger partial charge in [0.05, 0.1) is 0 Å². The Kier molecular flexibility index (Phi) is 3.59. The fraction of sp³-hybridized carbons (Fsp3) is 0.381. The number of benzene rings is 2. The normalized spacial score (nSPS) is 17.1. The predicted octanol–water partition coefficient (Wildman–Crippen LogP) is 4.96. The molecule has 1 heterocycles. The van der Waals surface area contributed by atoms with Gasteiger partial charge in [0, 0.05) is 11.1 Å². The van der Waals surface area contributed by atoms with Crippen LogP contribution in [0.1, 0.15) is 60.1 Å². The molecule has 120 valence electrons. The second-order valence-corrected chi connectivity index (χ2v) is 7.62. The predicted molar refractivity (Wildman–Crippen MR) is 93.3 cm³/mol. The summed E-state index contributed by atoms with van der Waals surface area (Å²) in [6.07, 6.45) is 0. The van der Waals surface area contributed by atoms with Gasteiger partial charge in [0.2, 0.25) is 0 Å². The molecule has 0 saturated carbocycles. The molecule has 2 aromatic carbocycles. The second kappa shape index (κ2) is 5.23. The van der Waals surface area contributed by atoms with Crippen LogP contribution in [0, 0.1) is 20.8 Å². The van der Waals surface area contributed by atoms with Gasteiger partial charge < -0.3 is 4.74 Å². The fourth-order valence-corrected chi connectivity index (χ4v) is 3.35. The molecule has 0 spiro atoms. The van der Waals surface area contributed by atoms with Crippen LogP contribution in [-0.4, -0.2) is 5.97 Å². The van der Waals surface area contributed by atoms with Crippen molar-refractivity contribution in [2.75, 3.05) is 0 Å². The van der Waals surface area contributed by atoms with E-state index in [1.54, 1.807) is 0 Å². The van der Waals surface area contributed by atoms with E-state index >= 15 is 0 Å². The first-order chi connectivity index (χ1) is 10.7. The Balaban J connectivity index is 2.24. The first-order valence-electron chi connectivity index (χ1n) is 8.13. The highest BCUT2D eigenvalue weighted by molar-refractivity contribution is 5.90. The molecule has 2 nitrogen and oxygen atoms in total. The van der Waals surface area contributed by atoms with Gasteiger partial charge in [-0.1, -0.05) is 56.7 Å². The van der Waals surface area contributed by atoms with E-state index in [1.807, 2.05) is 12.1 Å².